The molecule has 0 saturated heterocycles. The Morgan fingerprint density at radius 2 is 1.88 bits per heavy atom. The van der Waals surface area contributed by atoms with E-state index in [0.29, 0.717) is 36.2 Å². The highest BCUT2D eigenvalue weighted by atomic mass is 16.6. The van der Waals surface area contributed by atoms with Gasteiger partial charge in [0.1, 0.15) is 18.1 Å². The van der Waals surface area contributed by atoms with Crippen LogP contribution in [0.1, 0.15) is 5.76 Å². The van der Waals surface area contributed by atoms with Gasteiger partial charge in [-0.25, -0.2) is 0 Å². The highest BCUT2D eigenvalue weighted by Gasteiger charge is 2.27. The fraction of sp³-hybridized carbons (Fsp3) is 0.167. The number of aromatic nitrogens is 4. The van der Waals surface area contributed by atoms with E-state index in [0.717, 1.165) is 5.56 Å². The molecule has 33 heavy (non-hydrogen) atoms. The number of fused-ring (bicyclic) bond motifs is 1. The molecule has 0 bridgehead atoms. The minimum Gasteiger partial charge on any atom is -0.486 e. The maximum absolute atomic E-state index is 13.6. The number of hydrogen-bond acceptors (Lipinski definition) is 7. The predicted molar refractivity (Wildman–Crippen MR) is 120 cm³/mol. The number of para-hydroxylation sites is 2. The first-order chi connectivity index (χ1) is 16.2. The van der Waals surface area contributed by atoms with E-state index in [2.05, 4.69) is 15.5 Å². The molecule has 3 heterocycles. The van der Waals surface area contributed by atoms with Gasteiger partial charge in [0.15, 0.2) is 23.4 Å². The van der Waals surface area contributed by atoms with Crippen molar-refractivity contribution in [2.24, 2.45) is 0 Å². The first-order valence-corrected chi connectivity index (χ1v) is 10.4. The van der Waals surface area contributed by atoms with Gasteiger partial charge >= 0.3 is 0 Å². The van der Waals surface area contributed by atoms with E-state index in [1.165, 1.54) is 4.68 Å². The van der Waals surface area contributed by atoms with Gasteiger partial charge in [0.05, 0.1) is 12.8 Å². The average molecular weight is 443 g/mol. The highest BCUT2D eigenvalue weighted by molar-refractivity contribution is 6.18. The number of likely N-dealkylation sites (N-methyl/N-ethyl adjacent to an activating group) is 1. The minimum absolute atomic E-state index is 0.244. The fourth-order valence-corrected chi connectivity index (χ4v) is 3.58. The number of ether oxygens (including phenoxy) is 2. The number of hydrogen-bond donors (Lipinski definition) is 0. The number of tetrazole rings is 1. The van der Waals surface area contributed by atoms with Crippen molar-refractivity contribution in [2.45, 2.75) is 6.10 Å². The molecular weight excluding hydrogens is 422 g/mol. The van der Waals surface area contributed by atoms with E-state index in [1.807, 2.05) is 54.6 Å². The Hall–Kier alpha value is -4.40. The van der Waals surface area contributed by atoms with Crippen molar-refractivity contribution in [1.29, 1.82) is 0 Å². The highest BCUT2D eigenvalue weighted by Crippen LogP contribution is 2.31. The molecule has 2 aromatic heterocycles. The maximum atomic E-state index is 13.6. The summed E-state index contributed by atoms with van der Waals surface area (Å²) in [6.07, 6.45) is 2.84. The summed E-state index contributed by atoms with van der Waals surface area (Å²) in [6, 6.07) is 20.4. The van der Waals surface area contributed by atoms with E-state index in [1.54, 1.807) is 36.4 Å². The normalized spacial score (nSPS) is 15.3. The van der Waals surface area contributed by atoms with Crippen LogP contribution in [0.4, 0.5) is 0 Å². The first-order valence-electron chi connectivity index (χ1n) is 10.4. The number of nitrogens with zero attached hydrogens (tertiary/aromatic N) is 5. The van der Waals surface area contributed by atoms with Crippen molar-refractivity contribution in [2.75, 3.05) is 20.2 Å². The second-order valence-corrected chi connectivity index (χ2v) is 7.51. The molecule has 1 atom stereocenters. The van der Waals surface area contributed by atoms with Crippen LogP contribution in [0.15, 0.2) is 77.4 Å². The zero-order valence-corrected chi connectivity index (χ0v) is 17.9. The van der Waals surface area contributed by atoms with E-state index in [4.69, 9.17) is 13.9 Å². The summed E-state index contributed by atoms with van der Waals surface area (Å²) in [4.78, 5) is 15.1. The molecule has 0 radical (unpaired) electrons. The summed E-state index contributed by atoms with van der Waals surface area (Å²) in [5.41, 5.74) is 1.03. The molecule has 0 saturated carbocycles. The lowest BCUT2D eigenvalue weighted by atomic mass is 10.2. The van der Waals surface area contributed by atoms with E-state index >= 15 is 0 Å². The number of carbonyl (C=O) groups is 1. The molecule has 2 aromatic carbocycles. The summed E-state index contributed by atoms with van der Waals surface area (Å²) in [5.74, 6) is 2.02. The van der Waals surface area contributed by atoms with Gasteiger partial charge in [-0.15, -0.1) is 5.10 Å². The molecule has 1 amide bonds. The Morgan fingerprint density at radius 3 is 2.67 bits per heavy atom. The quantitative estimate of drug-likeness (QED) is 0.422. The Bertz CT molecular complexity index is 1270. The second kappa shape index (κ2) is 8.99. The predicted octanol–water partition coefficient (Wildman–Crippen LogP) is 3.23. The largest absolute Gasteiger partial charge is 0.486 e. The lowest BCUT2D eigenvalue weighted by Crippen LogP contribution is -2.42. The molecule has 9 nitrogen and oxygen atoms in total. The van der Waals surface area contributed by atoms with Crippen LogP contribution in [0.25, 0.3) is 23.2 Å². The van der Waals surface area contributed by atoms with Crippen molar-refractivity contribution in [3.8, 4) is 22.9 Å². The van der Waals surface area contributed by atoms with Gasteiger partial charge in [-0.1, -0.05) is 42.5 Å². The lowest BCUT2D eigenvalue weighted by Gasteiger charge is -2.29. The standard InChI is InChI=1S/C24H21N5O4/c1-28(15-19-16-32-21-11-5-6-12-22(21)33-19)24(30)20(14-18-10-7-13-31-18)29-23(25-26-27-29)17-8-3-2-4-9-17/h2-14,19H,15-16H2,1H3/b20-14-. The number of amides is 1. The summed E-state index contributed by atoms with van der Waals surface area (Å²) >= 11 is 0. The van der Waals surface area contributed by atoms with E-state index in [-0.39, 0.29) is 17.7 Å². The zero-order valence-electron chi connectivity index (χ0n) is 17.9. The van der Waals surface area contributed by atoms with Crippen LogP contribution in [0.2, 0.25) is 0 Å². The van der Waals surface area contributed by atoms with Crippen molar-refractivity contribution in [1.82, 2.24) is 25.1 Å². The molecule has 0 spiro atoms. The molecule has 0 aliphatic carbocycles. The van der Waals surface area contributed by atoms with Gasteiger partial charge in [0.2, 0.25) is 0 Å². The number of furan rings is 1. The number of rotatable bonds is 6. The Labute approximate surface area is 189 Å². The van der Waals surface area contributed by atoms with Crippen LogP contribution in [0.3, 0.4) is 0 Å². The Balaban J connectivity index is 1.42. The van der Waals surface area contributed by atoms with Crippen molar-refractivity contribution < 1.29 is 18.7 Å². The first kappa shape index (κ1) is 20.5. The van der Waals surface area contributed by atoms with Crippen molar-refractivity contribution in [3.05, 3.63) is 78.8 Å². The maximum Gasteiger partial charge on any atom is 0.272 e. The van der Waals surface area contributed by atoms with Crippen LogP contribution in [-0.4, -0.2) is 57.3 Å². The van der Waals surface area contributed by atoms with Crippen molar-refractivity contribution in [3.63, 3.8) is 0 Å². The SMILES string of the molecule is CN(CC1COc2ccccc2O1)C(=O)/C(=C/c1ccco1)n1nnnc1-c1ccccc1. The Kier molecular flexibility index (Phi) is 5.59. The monoisotopic (exact) mass is 443 g/mol. The summed E-state index contributed by atoms with van der Waals surface area (Å²) < 4.78 is 18.7. The molecule has 9 heteroatoms. The Morgan fingerprint density at radius 1 is 1.09 bits per heavy atom. The zero-order chi connectivity index (χ0) is 22.6. The van der Waals surface area contributed by atoms with Crippen LogP contribution >= 0.6 is 0 Å². The molecule has 166 valence electrons. The van der Waals surface area contributed by atoms with Crippen LogP contribution < -0.4 is 9.47 Å². The summed E-state index contributed by atoms with van der Waals surface area (Å²) in [7, 11) is 1.70. The molecular formula is C24H21N5O4. The van der Waals surface area contributed by atoms with Crippen molar-refractivity contribution >= 4 is 17.7 Å². The molecule has 4 aromatic rings. The molecule has 1 unspecified atom stereocenters. The lowest BCUT2D eigenvalue weighted by molar-refractivity contribution is -0.125. The number of carbonyl (C=O) groups excluding carboxylic acids is 1. The molecule has 0 fully saturated rings. The van der Waals surface area contributed by atoms with Crippen LogP contribution in [0.5, 0.6) is 11.5 Å². The third-order valence-corrected chi connectivity index (χ3v) is 5.16. The summed E-state index contributed by atoms with van der Waals surface area (Å²) in [5, 5.41) is 12.0. The van der Waals surface area contributed by atoms with Gasteiger partial charge in [0, 0.05) is 18.7 Å². The number of benzene rings is 2. The van der Waals surface area contributed by atoms with Gasteiger partial charge < -0.3 is 18.8 Å². The average Bonchev–Trinajstić information content (AvgIpc) is 3.55. The van der Waals surface area contributed by atoms with E-state index in [9.17, 15) is 4.79 Å². The topological polar surface area (TPSA) is 95.5 Å². The smallest absolute Gasteiger partial charge is 0.272 e. The van der Waals surface area contributed by atoms with Crippen LogP contribution in [-0.2, 0) is 4.79 Å². The molecule has 5 rings (SSSR count). The minimum atomic E-state index is -0.318. The summed E-state index contributed by atoms with van der Waals surface area (Å²) in [6.45, 7) is 0.650. The third kappa shape index (κ3) is 4.33. The van der Waals surface area contributed by atoms with Gasteiger partial charge in [-0.3, -0.25) is 4.79 Å². The van der Waals surface area contributed by atoms with Crippen LogP contribution in [0, 0.1) is 0 Å². The fourth-order valence-electron chi connectivity index (χ4n) is 3.58. The van der Waals surface area contributed by atoms with Gasteiger partial charge in [0.25, 0.3) is 5.91 Å². The second-order valence-electron chi connectivity index (χ2n) is 7.51. The molecule has 1 aliphatic heterocycles. The third-order valence-electron chi connectivity index (χ3n) is 5.16. The van der Waals surface area contributed by atoms with E-state index < -0.39 is 0 Å². The van der Waals surface area contributed by atoms with Gasteiger partial charge in [-0.05, 0) is 34.7 Å². The molecule has 1 aliphatic rings. The molecule has 0 N–H and O–H groups in total. The van der Waals surface area contributed by atoms with Gasteiger partial charge in [-0.2, -0.15) is 4.68 Å².